The van der Waals surface area contributed by atoms with Crippen molar-refractivity contribution in [2.24, 2.45) is 0 Å². The molecular formula is C16H19ClO2. The fourth-order valence-corrected chi connectivity index (χ4v) is 2.22. The van der Waals surface area contributed by atoms with E-state index in [-0.39, 0.29) is 11.7 Å². The van der Waals surface area contributed by atoms with Gasteiger partial charge in [0.25, 0.3) is 0 Å². The van der Waals surface area contributed by atoms with Crippen molar-refractivity contribution < 1.29 is 9.47 Å². The van der Waals surface area contributed by atoms with Gasteiger partial charge in [-0.2, -0.15) is 0 Å². The summed E-state index contributed by atoms with van der Waals surface area (Å²) in [5, 5.41) is 0. The molecule has 1 aromatic rings. The van der Waals surface area contributed by atoms with Gasteiger partial charge in [-0.1, -0.05) is 11.8 Å². The molecule has 0 N–H and O–H groups in total. The Hall–Kier alpha value is -1.17. The molecule has 0 amide bonds. The van der Waals surface area contributed by atoms with Gasteiger partial charge in [-0.15, -0.1) is 11.6 Å². The van der Waals surface area contributed by atoms with Crippen molar-refractivity contribution in [1.82, 2.24) is 0 Å². The highest BCUT2D eigenvalue weighted by atomic mass is 35.5. The molecule has 19 heavy (non-hydrogen) atoms. The molecule has 1 aliphatic heterocycles. The second-order valence-electron chi connectivity index (χ2n) is 5.31. The lowest BCUT2D eigenvalue weighted by atomic mass is 10.1. The Kier molecular flexibility index (Phi) is 4.74. The normalized spacial score (nSPS) is 20.7. The van der Waals surface area contributed by atoms with Crippen LogP contribution in [0.1, 0.15) is 32.3 Å². The van der Waals surface area contributed by atoms with Crippen molar-refractivity contribution in [3.8, 4) is 17.6 Å². The van der Waals surface area contributed by atoms with Gasteiger partial charge in [0, 0.05) is 5.56 Å². The van der Waals surface area contributed by atoms with Crippen molar-refractivity contribution in [3.63, 3.8) is 0 Å². The molecule has 0 spiro atoms. The van der Waals surface area contributed by atoms with Gasteiger partial charge in [0.05, 0.1) is 17.6 Å². The average molecular weight is 279 g/mol. The van der Waals surface area contributed by atoms with Crippen LogP contribution in [0, 0.1) is 11.8 Å². The van der Waals surface area contributed by atoms with Crippen LogP contribution in [-0.4, -0.2) is 24.2 Å². The zero-order chi connectivity index (χ0) is 13.7. The van der Waals surface area contributed by atoms with Crippen LogP contribution in [-0.2, 0) is 4.74 Å². The van der Waals surface area contributed by atoms with Crippen LogP contribution < -0.4 is 4.74 Å². The molecule has 1 unspecified atom stereocenters. The minimum absolute atomic E-state index is 0.00493. The zero-order valence-corrected chi connectivity index (χ0v) is 12.2. The van der Waals surface area contributed by atoms with Crippen LogP contribution in [0.15, 0.2) is 24.3 Å². The first-order valence-corrected chi connectivity index (χ1v) is 7.08. The Morgan fingerprint density at radius 1 is 1.37 bits per heavy atom. The predicted molar refractivity (Wildman–Crippen MR) is 77.7 cm³/mol. The molecule has 1 fully saturated rings. The Balaban J connectivity index is 1.83. The molecule has 0 aromatic heterocycles. The molecule has 1 saturated heterocycles. The van der Waals surface area contributed by atoms with E-state index in [0.717, 1.165) is 24.2 Å². The van der Waals surface area contributed by atoms with Crippen molar-refractivity contribution in [2.45, 2.75) is 38.4 Å². The highest BCUT2D eigenvalue weighted by molar-refractivity contribution is 6.19. The van der Waals surface area contributed by atoms with Gasteiger partial charge in [-0.3, -0.25) is 0 Å². The number of alkyl halides is 1. The van der Waals surface area contributed by atoms with E-state index in [0.29, 0.717) is 12.5 Å². The third-order valence-electron chi connectivity index (χ3n) is 3.14. The van der Waals surface area contributed by atoms with E-state index in [1.54, 1.807) is 0 Å². The number of ether oxygens (including phenoxy) is 2. The molecule has 102 valence electrons. The average Bonchev–Trinajstić information content (AvgIpc) is 2.75. The van der Waals surface area contributed by atoms with E-state index in [2.05, 4.69) is 25.7 Å². The van der Waals surface area contributed by atoms with Crippen LogP contribution in [0.25, 0.3) is 0 Å². The molecule has 0 radical (unpaired) electrons. The largest absolute Gasteiger partial charge is 0.491 e. The number of rotatable bonds is 3. The van der Waals surface area contributed by atoms with E-state index < -0.39 is 0 Å². The summed E-state index contributed by atoms with van der Waals surface area (Å²) in [7, 11) is 0. The van der Waals surface area contributed by atoms with Crippen LogP contribution in [0.4, 0.5) is 0 Å². The molecule has 1 atom stereocenters. The highest BCUT2D eigenvalue weighted by Crippen LogP contribution is 2.29. The summed E-state index contributed by atoms with van der Waals surface area (Å²) in [6.45, 7) is 4.85. The third-order valence-corrected chi connectivity index (χ3v) is 3.28. The number of hydrogen-bond acceptors (Lipinski definition) is 2. The first kappa shape index (κ1) is 14.2. The predicted octanol–water partition coefficient (Wildman–Crippen LogP) is 3.61. The molecule has 1 aromatic carbocycles. The van der Waals surface area contributed by atoms with Gasteiger partial charge in [0.1, 0.15) is 12.4 Å². The van der Waals surface area contributed by atoms with Gasteiger partial charge in [0.2, 0.25) is 0 Å². The summed E-state index contributed by atoms with van der Waals surface area (Å²) in [6.07, 6.45) is 2.35. The fourth-order valence-electron chi connectivity index (χ4n) is 2.15. The second kappa shape index (κ2) is 6.32. The summed E-state index contributed by atoms with van der Waals surface area (Å²) >= 11 is 5.52. The third kappa shape index (κ3) is 4.45. The SMILES string of the molecule is CC1(C)CCC(COc2ccc(C#CCCl)cc2)O1. The minimum Gasteiger partial charge on any atom is -0.491 e. The summed E-state index contributed by atoms with van der Waals surface area (Å²) in [4.78, 5) is 0. The van der Waals surface area contributed by atoms with E-state index in [1.807, 2.05) is 24.3 Å². The lowest BCUT2D eigenvalue weighted by Crippen LogP contribution is -2.23. The molecule has 1 heterocycles. The fraction of sp³-hybridized carbons (Fsp3) is 0.500. The van der Waals surface area contributed by atoms with E-state index in [9.17, 15) is 0 Å². The van der Waals surface area contributed by atoms with Gasteiger partial charge in [0.15, 0.2) is 0 Å². The molecule has 3 heteroatoms. The van der Waals surface area contributed by atoms with Crippen molar-refractivity contribution in [1.29, 1.82) is 0 Å². The number of hydrogen-bond donors (Lipinski definition) is 0. The maximum atomic E-state index is 5.89. The number of benzene rings is 1. The summed E-state index contributed by atoms with van der Waals surface area (Å²) in [5.74, 6) is 7.00. The van der Waals surface area contributed by atoms with Crippen LogP contribution >= 0.6 is 11.6 Å². The Bertz CT molecular complexity index is 468. The van der Waals surface area contributed by atoms with Gasteiger partial charge in [-0.25, -0.2) is 0 Å². The monoisotopic (exact) mass is 278 g/mol. The van der Waals surface area contributed by atoms with E-state index >= 15 is 0 Å². The maximum Gasteiger partial charge on any atom is 0.119 e. The van der Waals surface area contributed by atoms with Crippen LogP contribution in [0.2, 0.25) is 0 Å². The van der Waals surface area contributed by atoms with Gasteiger partial charge in [-0.05, 0) is 51.0 Å². The lowest BCUT2D eigenvalue weighted by molar-refractivity contribution is -0.0326. The zero-order valence-electron chi connectivity index (χ0n) is 11.4. The number of halogens is 1. The molecule has 2 nitrogen and oxygen atoms in total. The summed E-state index contributed by atoms with van der Waals surface area (Å²) < 4.78 is 11.6. The van der Waals surface area contributed by atoms with E-state index in [1.165, 1.54) is 0 Å². The molecule has 1 aliphatic rings. The first-order valence-electron chi connectivity index (χ1n) is 6.54. The van der Waals surface area contributed by atoms with Crippen molar-refractivity contribution >= 4 is 11.6 Å². The summed E-state index contributed by atoms with van der Waals surface area (Å²) in [6, 6.07) is 7.74. The smallest absolute Gasteiger partial charge is 0.119 e. The molecule has 0 saturated carbocycles. The van der Waals surface area contributed by atoms with Crippen molar-refractivity contribution in [2.75, 3.05) is 12.5 Å². The topological polar surface area (TPSA) is 18.5 Å². The van der Waals surface area contributed by atoms with Crippen LogP contribution in [0.5, 0.6) is 5.75 Å². The quantitative estimate of drug-likeness (QED) is 0.621. The Morgan fingerprint density at radius 3 is 2.68 bits per heavy atom. The minimum atomic E-state index is -0.00493. The van der Waals surface area contributed by atoms with Gasteiger partial charge >= 0.3 is 0 Å². The molecule has 0 aliphatic carbocycles. The van der Waals surface area contributed by atoms with E-state index in [4.69, 9.17) is 21.1 Å². The molecular weight excluding hydrogens is 260 g/mol. The summed E-state index contributed by atoms with van der Waals surface area (Å²) in [5.41, 5.74) is 0.945. The first-order chi connectivity index (χ1) is 9.09. The lowest BCUT2D eigenvalue weighted by Gasteiger charge is -2.19. The Morgan fingerprint density at radius 2 is 2.11 bits per heavy atom. The Labute approximate surface area is 120 Å². The second-order valence-corrected chi connectivity index (χ2v) is 5.58. The maximum absolute atomic E-state index is 5.89. The van der Waals surface area contributed by atoms with Crippen LogP contribution in [0.3, 0.4) is 0 Å². The standard InChI is InChI=1S/C16H19ClO2/c1-16(2)10-9-15(19-16)12-18-14-7-5-13(6-8-14)4-3-11-17/h5-8,15H,9-12H2,1-2H3. The molecule has 0 bridgehead atoms. The highest BCUT2D eigenvalue weighted by Gasteiger charge is 2.31. The molecule has 2 rings (SSSR count). The van der Waals surface area contributed by atoms with Crippen molar-refractivity contribution in [3.05, 3.63) is 29.8 Å². The van der Waals surface area contributed by atoms with Gasteiger partial charge < -0.3 is 9.47 Å².